The van der Waals surface area contributed by atoms with Crippen molar-refractivity contribution in [2.45, 2.75) is 72.4 Å². The molecule has 1 unspecified atom stereocenters. The molecule has 0 saturated heterocycles. The summed E-state index contributed by atoms with van der Waals surface area (Å²) in [5.41, 5.74) is -0.0586. The van der Waals surface area contributed by atoms with Crippen LogP contribution in [0.25, 0.3) is 0 Å². The number of hydrogen-bond donors (Lipinski definition) is 3. The normalized spacial score (nSPS) is 14.3. The van der Waals surface area contributed by atoms with E-state index in [4.69, 9.17) is 5.11 Å². The lowest BCUT2D eigenvalue weighted by Crippen LogP contribution is -2.51. The van der Waals surface area contributed by atoms with Crippen LogP contribution in [0.1, 0.15) is 60.8 Å². The van der Waals surface area contributed by atoms with Crippen molar-refractivity contribution in [3.8, 4) is 0 Å². The monoisotopic (exact) mass is 272 g/mol. The molecule has 0 aliphatic carbocycles. The van der Waals surface area contributed by atoms with E-state index in [2.05, 4.69) is 31.4 Å². The molecule has 0 heterocycles. The lowest BCUT2D eigenvalue weighted by molar-refractivity contribution is -0.124. The minimum atomic E-state index is -0.195. The molecule has 0 fully saturated rings. The lowest BCUT2D eigenvalue weighted by atomic mass is 9.87. The van der Waals surface area contributed by atoms with Gasteiger partial charge >= 0.3 is 0 Å². The summed E-state index contributed by atoms with van der Waals surface area (Å²) in [6, 6.07) is -0.195. The number of nitrogens with one attached hydrogen (secondary N) is 2. The summed E-state index contributed by atoms with van der Waals surface area (Å²) in [5.74, 6) is 0.0461. The Bertz CT molecular complexity index is 275. The first kappa shape index (κ1) is 18.4. The van der Waals surface area contributed by atoms with Gasteiger partial charge in [-0.05, 0) is 45.4 Å². The Hall–Kier alpha value is -0.610. The van der Waals surface area contributed by atoms with Gasteiger partial charge in [-0.3, -0.25) is 4.79 Å². The summed E-state index contributed by atoms with van der Waals surface area (Å²) < 4.78 is 0. The highest BCUT2D eigenvalue weighted by Gasteiger charge is 2.24. The average molecular weight is 272 g/mol. The van der Waals surface area contributed by atoms with Crippen molar-refractivity contribution in [1.29, 1.82) is 0 Å². The smallest absolute Gasteiger partial charge is 0.237 e. The van der Waals surface area contributed by atoms with E-state index in [1.807, 2.05) is 20.8 Å². The highest BCUT2D eigenvalue weighted by molar-refractivity contribution is 5.81. The second kappa shape index (κ2) is 7.85. The zero-order chi connectivity index (χ0) is 15.1. The van der Waals surface area contributed by atoms with Crippen molar-refractivity contribution in [3.05, 3.63) is 0 Å². The summed E-state index contributed by atoms with van der Waals surface area (Å²) in [5, 5.41) is 15.2. The molecule has 1 amide bonds. The van der Waals surface area contributed by atoms with Gasteiger partial charge in [0.05, 0.1) is 6.04 Å². The molecule has 0 aromatic rings. The van der Waals surface area contributed by atoms with Crippen molar-refractivity contribution in [2.24, 2.45) is 5.41 Å². The van der Waals surface area contributed by atoms with E-state index in [-0.39, 0.29) is 29.5 Å². The Labute approximate surface area is 118 Å². The zero-order valence-corrected chi connectivity index (χ0v) is 13.5. The van der Waals surface area contributed by atoms with Crippen LogP contribution in [0.5, 0.6) is 0 Å². The summed E-state index contributed by atoms with van der Waals surface area (Å²) in [6.45, 7) is 13.3. The van der Waals surface area contributed by atoms with Gasteiger partial charge < -0.3 is 15.7 Å². The molecule has 0 rings (SSSR count). The van der Waals surface area contributed by atoms with Crippen LogP contribution in [0, 0.1) is 5.41 Å². The largest absolute Gasteiger partial charge is 0.396 e. The van der Waals surface area contributed by atoms with Crippen molar-refractivity contribution < 1.29 is 9.90 Å². The molecule has 19 heavy (non-hydrogen) atoms. The van der Waals surface area contributed by atoms with Gasteiger partial charge in [0.25, 0.3) is 0 Å². The summed E-state index contributed by atoms with van der Waals surface area (Å²) in [4.78, 5) is 12.0. The topological polar surface area (TPSA) is 61.4 Å². The summed E-state index contributed by atoms with van der Waals surface area (Å²) in [7, 11) is 0. The minimum Gasteiger partial charge on any atom is -0.396 e. The molecule has 0 aliphatic heterocycles. The van der Waals surface area contributed by atoms with Crippen molar-refractivity contribution in [3.63, 3.8) is 0 Å². The van der Waals surface area contributed by atoms with Gasteiger partial charge in [-0.15, -0.1) is 0 Å². The van der Waals surface area contributed by atoms with Crippen molar-refractivity contribution in [1.82, 2.24) is 10.6 Å². The van der Waals surface area contributed by atoms with Gasteiger partial charge in [-0.2, -0.15) is 0 Å². The number of carbonyl (C=O) groups excluding carboxylic acids is 1. The standard InChI is InChI=1S/C15H32N2O2/c1-7-15(5,6)17-13(19)12(2)16-11-14(3,4)9-8-10-18/h12,16,18H,7-11H2,1-6H3,(H,17,19). The fourth-order valence-electron chi connectivity index (χ4n) is 1.70. The molecule has 4 heteroatoms. The number of aliphatic hydroxyl groups is 1. The number of amides is 1. The summed E-state index contributed by atoms with van der Waals surface area (Å²) in [6.07, 6.45) is 2.66. The Morgan fingerprint density at radius 1 is 1.26 bits per heavy atom. The predicted octanol–water partition coefficient (Wildman–Crippen LogP) is 2.07. The molecule has 0 aromatic carbocycles. The van der Waals surface area contributed by atoms with E-state index in [9.17, 15) is 4.79 Å². The zero-order valence-electron chi connectivity index (χ0n) is 13.5. The van der Waals surface area contributed by atoms with Gasteiger partial charge in [0, 0.05) is 18.7 Å². The molecule has 1 atom stereocenters. The Balaban J connectivity index is 4.16. The molecular weight excluding hydrogens is 240 g/mol. The Morgan fingerprint density at radius 2 is 1.84 bits per heavy atom. The highest BCUT2D eigenvalue weighted by atomic mass is 16.2. The quantitative estimate of drug-likeness (QED) is 0.602. The molecule has 0 radical (unpaired) electrons. The Morgan fingerprint density at radius 3 is 2.32 bits per heavy atom. The van der Waals surface area contributed by atoms with E-state index in [0.717, 1.165) is 25.8 Å². The van der Waals surface area contributed by atoms with E-state index < -0.39 is 0 Å². The Kier molecular flexibility index (Phi) is 7.60. The molecule has 0 saturated carbocycles. The van der Waals surface area contributed by atoms with Crippen LogP contribution >= 0.6 is 0 Å². The van der Waals surface area contributed by atoms with E-state index >= 15 is 0 Å². The minimum absolute atomic E-state index is 0.0461. The third kappa shape index (κ3) is 8.22. The van der Waals surface area contributed by atoms with Gasteiger partial charge in [0.1, 0.15) is 0 Å². The molecule has 0 aromatic heterocycles. The van der Waals surface area contributed by atoms with Crippen LogP contribution in [0.4, 0.5) is 0 Å². The van der Waals surface area contributed by atoms with E-state index in [1.165, 1.54) is 0 Å². The fraction of sp³-hybridized carbons (Fsp3) is 0.933. The second-order valence-corrected chi connectivity index (χ2v) is 6.82. The third-order valence-corrected chi connectivity index (χ3v) is 3.64. The maximum Gasteiger partial charge on any atom is 0.237 e. The number of aliphatic hydroxyl groups excluding tert-OH is 1. The van der Waals surface area contributed by atoms with Crippen LogP contribution in [0.15, 0.2) is 0 Å². The first-order chi connectivity index (χ1) is 8.63. The van der Waals surface area contributed by atoms with Gasteiger partial charge in [0.15, 0.2) is 0 Å². The molecule has 114 valence electrons. The fourth-order valence-corrected chi connectivity index (χ4v) is 1.70. The highest BCUT2D eigenvalue weighted by Crippen LogP contribution is 2.21. The van der Waals surface area contributed by atoms with Gasteiger partial charge in [0.2, 0.25) is 5.91 Å². The molecule has 0 spiro atoms. The molecular formula is C15H32N2O2. The number of rotatable bonds is 9. The van der Waals surface area contributed by atoms with Crippen LogP contribution in [-0.2, 0) is 4.79 Å². The van der Waals surface area contributed by atoms with Crippen molar-refractivity contribution in [2.75, 3.05) is 13.2 Å². The number of carbonyl (C=O) groups is 1. The first-order valence-electron chi connectivity index (χ1n) is 7.30. The maximum atomic E-state index is 12.0. The van der Waals surface area contributed by atoms with Crippen LogP contribution in [-0.4, -0.2) is 35.7 Å². The van der Waals surface area contributed by atoms with Crippen LogP contribution in [0.3, 0.4) is 0 Å². The first-order valence-corrected chi connectivity index (χ1v) is 7.30. The SMILES string of the molecule is CCC(C)(C)NC(=O)C(C)NCC(C)(C)CCCO. The maximum absolute atomic E-state index is 12.0. The molecule has 0 aliphatic rings. The van der Waals surface area contributed by atoms with Crippen molar-refractivity contribution >= 4 is 5.91 Å². The van der Waals surface area contributed by atoms with E-state index in [0.29, 0.717) is 0 Å². The van der Waals surface area contributed by atoms with Gasteiger partial charge in [-0.1, -0.05) is 20.8 Å². The van der Waals surface area contributed by atoms with Gasteiger partial charge in [-0.25, -0.2) is 0 Å². The second-order valence-electron chi connectivity index (χ2n) is 6.82. The summed E-state index contributed by atoms with van der Waals surface area (Å²) >= 11 is 0. The number of hydrogen-bond acceptors (Lipinski definition) is 3. The van der Waals surface area contributed by atoms with Crippen LogP contribution < -0.4 is 10.6 Å². The predicted molar refractivity (Wildman–Crippen MR) is 80.1 cm³/mol. The van der Waals surface area contributed by atoms with E-state index in [1.54, 1.807) is 0 Å². The molecule has 0 bridgehead atoms. The lowest BCUT2D eigenvalue weighted by Gasteiger charge is -2.29. The molecule has 4 nitrogen and oxygen atoms in total. The third-order valence-electron chi connectivity index (χ3n) is 3.64. The van der Waals surface area contributed by atoms with Crippen LogP contribution in [0.2, 0.25) is 0 Å². The average Bonchev–Trinajstić information content (AvgIpc) is 2.33. The molecule has 3 N–H and O–H groups in total.